The number of nitrogens with one attached hydrogen (secondary N) is 2. The molecule has 0 spiro atoms. The monoisotopic (exact) mass is 383 g/mol. The molecule has 0 radical (unpaired) electrons. The number of esters is 1. The number of nitrogens with zero attached hydrogens (tertiary/aromatic N) is 1. The maximum Gasteiger partial charge on any atom is 0.340 e. The molecule has 2 aromatic rings. The van der Waals surface area contributed by atoms with Crippen LogP contribution in [0.3, 0.4) is 0 Å². The van der Waals surface area contributed by atoms with Crippen molar-refractivity contribution in [3.8, 4) is 0 Å². The van der Waals surface area contributed by atoms with Crippen LogP contribution < -0.4 is 15.5 Å². The molecule has 0 aliphatic rings. The number of carbonyl (C=O) groups excluding carboxylic acids is 2. The van der Waals surface area contributed by atoms with Crippen molar-refractivity contribution >= 4 is 28.9 Å². The highest BCUT2D eigenvalue weighted by Crippen LogP contribution is 2.22. The van der Waals surface area contributed by atoms with Crippen LogP contribution in [0.15, 0.2) is 42.5 Å². The van der Waals surface area contributed by atoms with Crippen LogP contribution in [-0.2, 0) is 9.53 Å². The van der Waals surface area contributed by atoms with Gasteiger partial charge in [0, 0.05) is 24.5 Å². The van der Waals surface area contributed by atoms with Gasteiger partial charge < -0.3 is 20.3 Å². The quantitative estimate of drug-likeness (QED) is 0.639. The molecule has 0 aliphatic heterocycles. The van der Waals surface area contributed by atoms with E-state index in [0.717, 1.165) is 24.3 Å². The number of para-hydroxylation sites is 1. The number of aryl methyl sites for hydroxylation is 1. The number of amides is 1. The fraction of sp³-hybridized carbons (Fsp3) is 0.364. The Bertz CT molecular complexity index is 816. The molecule has 1 amide bonds. The summed E-state index contributed by atoms with van der Waals surface area (Å²) < 4.78 is 5.03. The Morgan fingerprint density at radius 3 is 2.36 bits per heavy atom. The molecule has 0 aliphatic carbocycles. The first kappa shape index (κ1) is 21.3. The van der Waals surface area contributed by atoms with Crippen molar-refractivity contribution in [1.29, 1.82) is 0 Å². The van der Waals surface area contributed by atoms with Crippen molar-refractivity contribution in [3.05, 3.63) is 53.6 Å². The van der Waals surface area contributed by atoms with Gasteiger partial charge in [0.1, 0.15) is 0 Å². The Labute approximate surface area is 166 Å². The molecule has 6 nitrogen and oxygen atoms in total. The summed E-state index contributed by atoms with van der Waals surface area (Å²) in [7, 11) is 0. The number of rotatable bonds is 9. The molecule has 0 bridgehead atoms. The van der Waals surface area contributed by atoms with Crippen LogP contribution in [0.1, 0.15) is 36.7 Å². The SMILES string of the molecule is CCOC(=O)c1ccccc1NC(=O)CNc1ccc(N(CC)CC)cc1C. The third-order valence-corrected chi connectivity index (χ3v) is 4.47. The number of hydrogen-bond donors (Lipinski definition) is 2. The van der Waals surface area contributed by atoms with E-state index < -0.39 is 5.97 Å². The van der Waals surface area contributed by atoms with Gasteiger partial charge in [0.2, 0.25) is 5.91 Å². The van der Waals surface area contributed by atoms with E-state index in [0.29, 0.717) is 11.3 Å². The Morgan fingerprint density at radius 1 is 1.00 bits per heavy atom. The van der Waals surface area contributed by atoms with Gasteiger partial charge in [-0.15, -0.1) is 0 Å². The van der Waals surface area contributed by atoms with E-state index >= 15 is 0 Å². The summed E-state index contributed by atoms with van der Waals surface area (Å²) in [6, 6.07) is 13.0. The van der Waals surface area contributed by atoms with Gasteiger partial charge in [0.15, 0.2) is 0 Å². The van der Waals surface area contributed by atoms with Gasteiger partial charge >= 0.3 is 5.97 Å². The Kier molecular flexibility index (Phi) is 7.87. The lowest BCUT2D eigenvalue weighted by molar-refractivity contribution is -0.114. The first-order valence-electron chi connectivity index (χ1n) is 9.65. The van der Waals surface area contributed by atoms with Crippen molar-refractivity contribution in [3.63, 3.8) is 0 Å². The average molecular weight is 383 g/mol. The van der Waals surface area contributed by atoms with Crippen LogP contribution >= 0.6 is 0 Å². The molecular formula is C22H29N3O3. The summed E-state index contributed by atoms with van der Waals surface area (Å²) in [5.41, 5.74) is 3.94. The van der Waals surface area contributed by atoms with Crippen LogP contribution in [0.25, 0.3) is 0 Å². The molecule has 28 heavy (non-hydrogen) atoms. The first-order chi connectivity index (χ1) is 13.5. The van der Waals surface area contributed by atoms with Crippen molar-refractivity contribution in [2.75, 3.05) is 41.8 Å². The van der Waals surface area contributed by atoms with E-state index in [2.05, 4.69) is 41.5 Å². The normalized spacial score (nSPS) is 10.3. The molecule has 0 saturated carbocycles. The minimum Gasteiger partial charge on any atom is -0.462 e. The fourth-order valence-electron chi connectivity index (χ4n) is 2.98. The summed E-state index contributed by atoms with van der Waals surface area (Å²) >= 11 is 0. The second-order valence-electron chi connectivity index (χ2n) is 6.34. The van der Waals surface area contributed by atoms with Gasteiger partial charge in [-0.2, -0.15) is 0 Å². The molecule has 2 aromatic carbocycles. The lowest BCUT2D eigenvalue weighted by atomic mass is 10.1. The second kappa shape index (κ2) is 10.3. The molecule has 6 heteroatoms. The van der Waals surface area contributed by atoms with Crippen molar-refractivity contribution in [2.45, 2.75) is 27.7 Å². The average Bonchev–Trinajstić information content (AvgIpc) is 2.69. The van der Waals surface area contributed by atoms with E-state index in [1.165, 1.54) is 5.69 Å². The summed E-state index contributed by atoms with van der Waals surface area (Å²) in [5, 5.41) is 5.94. The Morgan fingerprint density at radius 2 is 1.71 bits per heavy atom. The minimum absolute atomic E-state index is 0.0998. The molecule has 0 unspecified atom stereocenters. The molecule has 0 saturated heterocycles. The summed E-state index contributed by atoms with van der Waals surface area (Å²) in [6.07, 6.45) is 0. The molecule has 150 valence electrons. The highest BCUT2D eigenvalue weighted by molar-refractivity contribution is 6.02. The van der Waals surface area contributed by atoms with Crippen LogP contribution in [0.4, 0.5) is 17.1 Å². The zero-order chi connectivity index (χ0) is 20.5. The maximum absolute atomic E-state index is 12.4. The molecule has 0 fully saturated rings. The van der Waals surface area contributed by atoms with Gasteiger partial charge in [-0.05, 0) is 63.6 Å². The maximum atomic E-state index is 12.4. The fourth-order valence-corrected chi connectivity index (χ4v) is 2.98. The predicted molar refractivity (Wildman–Crippen MR) is 114 cm³/mol. The lowest BCUT2D eigenvalue weighted by Gasteiger charge is -2.22. The standard InChI is InChI=1S/C22H29N3O3/c1-5-25(6-2)17-12-13-19(16(4)14-17)23-15-21(26)24-20-11-9-8-10-18(20)22(27)28-7-3/h8-14,23H,5-7,15H2,1-4H3,(H,24,26). The van der Waals surface area contributed by atoms with Gasteiger partial charge in [-0.25, -0.2) is 4.79 Å². The second-order valence-corrected chi connectivity index (χ2v) is 6.34. The molecule has 2 rings (SSSR count). The number of benzene rings is 2. The molecule has 0 aromatic heterocycles. The summed E-state index contributed by atoms with van der Waals surface area (Å²) in [5.74, 6) is -0.682. The highest BCUT2D eigenvalue weighted by Gasteiger charge is 2.14. The molecule has 0 atom stereocenters. The smallest absolute Gasteiger partial charge is 0.340 e. The third kappa shape index (κ3) is 5.49. The van der Waals surface area contributed by atoms with E-state index in [1.54, 1.807) is 31.2 Å². The predicted octanol–water partition coefficient (Wildman–Crippen LogP) is 4.07. The summed E-state index contributed by atoms with van der Waals surface area (Å²) in [6.45, 7) is 10.3. The zero-order valence-corrected chi connectivity index (χ0v) is 17.0. The van der Waals surface area contributed by atoms with Gasteiger partial charge in [0.25, 0.3) is 0 Å². The van der Waals surface area contributed by atoms with Crippen LogP contribution in [0, 0.1) is 6.92 Å². The minimum atomic E-state index is -0.450. The van der Waals surface area contributed by atoms with Gasteiger partial charge in [-0.1, -0.05) is 12.1 Å². The van der Waals surface area contributed by atoms with Crippen molar-refractivity contribution in [2.24, 2.45) is 0 Å². The van der Waals surface area contributed by atoms with Crippen LogP contribution in [0.5, 0.6) is 0 Å². The molecule has 0 heterocycles. The highest BCUT2D eigenvalue weighted by atomic mass is 16.5. The van der Waals surface area contributed by atoms with E-state index in [9.17, 15) is 9.59 Å². The number of anilines is 3. The number of carbonyl (C=O) groups is 2. The topological polar surface area (TPSA) is 70.7 Å². The van der Waals surface area contributed by atoms with E-state index in [4.69, 9.17) is 4.74 Å². The Hall–Kier alpha value is -3.02. The van der Waals surface area contributed by atoms with Crippen LogP contribution in [-0.4, -0.2) is 38.1 Å². The van der Waals surface area contributed by atoms with E-state index in [1.807, 2.05) is 13.0 Å². The third-order valence-electron chi connectivity index (χ3n) is 4.47. The molecular weight excluding hydrogens is 354 g/mol. The Balaban J connectivity index is 2.01. The van der Waals surface area contributed by atoms with Crippen molar-refractivity contribution in [1.82, 2.24) is 0 Å². The van der Waals surface area contributed by atoms with Gasteiger partial charge in [-0.3, -0.25) is 4.79 Å². The number of hydrogen-bond acceptors (Lipinski definition) is 5. The zero-order valence-electron chi connectivity index (χ0n) is 17.0. The van der Waals surface area contributed by atoms with Crippen LogP contribution in [0.2, 0.25) is 0 Å². The lowest BCUT2D eigenvalue weighted by Crippen LogP contribution is -2.24. The number of ether oxygens (including phenoxy) is 1. The van der Waals surface area contributed by atoms with Crippen molar-refractivity contribution < 1.29 is 14.3 Å². The van der Waals surface area contributed by atoms with Gasteiger partial charge in [0.05, 0.1) is 24.4 Å². The van der Waals surface area contributed by atoms with E-state index in [-0.39, 0.29) is 19.1 Å². The first-order valence-corrected chi connectivity index (χ1v) is 9.65. The largest absolute Gasteiger partial charge is 0.462 e. The molecule has 2 N–H and O–H groups in total. The summed E-state index contributed by atoms with van der Waals surface area (Å²) in [4.78, 5) is 26.7.